The number of ketones is 1. The van der Waals surface area contributed by atoms with E-state index < -0.39 is 0 Å². The van der Waals surface area contributed by atoms with Gasteiger partial charge in [-0.05, 0) is 28.1 Å². The summed E-state index contributed by atoms with van der Waals surface area (Å²) in [6, 6.07) is 3.56. The Labute approximate surface area is 86.5 Å². The monoisotopic (exact) mass is 241 g/mol. The molecule has 0 N–H and O–H groups in total. The molecule has 0 saturated carbocycles. The number of carbonyl (C=O) groups is 1. The molecular weight excluding hydrogens is 230 g/mol. The first-order chi connectivity index (χ1) is 5.91. The fraction of sp³-hybridized carbons (Fsp3) is 0.400. The molecule has 3 heteroatoms. The van der Waals surface area contributed by atoms with Gasteiger partial charge in [0.15, 0.2) is 5.78 Å². The number of halogens is 1. The predicted molar refractivity (Wildman–Crippen MR) is 55.7 cm³/mol. The number of hydrogen-bond acceptors (Lipinski definition) is 2. The number of rotatable bonds is 1. The lowest BCUT2D eigenvalue weighted by molar-refractivity contribution is 0.0853. The van der Waals surface area contributed by atoms with Gasteiger partial charge in [-0.1, -0.05) is 20.8 Å². The van der Waals surface area contributed by atoms with Gasteiger partial charge in [-0.15, -0.1) is 0 Å². The third kappa shape index (κ3) is 2.62. The maximum Gasteiger partial charge on any atom is 0.186 e. The van der Waals surface area contributed by atoms with Crippen molar-refractivity contribution in [2.24, 2.45) is 5.41 Å². The summed E-state index contributed by atoms with van der Waals surface area (Å²) in [7, 11) is 0. The Morgan fingerprint density at radius 2 is 2.00 bits per heavy atom. The Morgan fingerprint density at radius 1 is 1.38 bits per heavy atom. The molecule has 2 nitrogen and oxygen atoms in total. The second kappa shape index (κ2) is 3.58. The van der Waals surface area contributed by atoms with Gasteiger partial charge in [0.25, 0.3) is 0 Å². The molecule has 0 saturated heterocycles. The van der Waals surface area contributed by atoms with E-state index in [1.807, 2.05) is 26.8 Å². The van der Waals surface area contributed by atoms with Gasteiger partial charge in [-0.2, -0.15) is 0 Å². The van der Waals surface area contributed by atoms with Gasteiger partial charge in [-0.25, -0.2) is 0 Å². The number of nitrogens with zero attached hydrogens (tertiary/aromatic N) is 1. The van der Waals surface area contributed by atoms with Crippen LogP contribution in [0.15, 0.2) is 22.8 Å². The van der Waals surface area contributed by atoms with Gasteiger partial charge in [-0.3, -0.25) is 9.78 Å². The van der Waals surface area contributed by atoms with Crippen LogP contribution in [0.1, 0.15) is 31.3 Å². The molecular formula is C10H12BrNO. The van der Waals surface area contributed by atoms with Crippen LogP contribution >= 0.6 is 15.9 Å². The van der Waals surface area contributed by atoms with Crippen molar-refractivity contribution in [2.45, 2.75) is 20.8 Å². The zero-order valence-electron chi connectivity index (χ0n) is 7.97. The molecule has 1 rings (SSSR count). The first-order valence-corrected chi connectivity index (χ1v) is 4.87. The molecule has 0 amide bonds. The van der Waals surface area contributed by atoms with E-state index in [9.17, 15) is 4.79 Å². The molecule has 0 fully saturated rings. The quantitative estimate of drug-likeness (QED) is 0.708. The zero-order valence-corrected chi connectivity index (χ0v) is 9.55. The Morgan fingerprint density at radius 3 is 2.38 bits per heavy atom. The highest BCUT2D eigenvalue weighted by Gasteiger charge is 2.23. The summed E-state index contributed by atoms with van der Waals surface area (Å²) < 4.78 is 0.887. The molecule has 1 aromatic rings. The van der Waals surface area contributed by atoms with Crippen LogP contribution in [-0.2, 0) is 0 Å². The highest BCUT2D eigenvalue weighted by molar-refractivity contribution is 9.10. The van der Waals surface area contributed by atoms with E-state index in [1.54, 1.807) is 12.3 Å². The predicted octanol–water partition coefficient (Wildman–Crippen LogP) is 3.07. The maximum absolute atomic E-state index is 11.7. The molecule has 0 aliphatic rings. The topological polar surface area (TPSA) is 30.0 Å². The van der Waals surface area contributed by atoms with E-state index in [1.165, 1.54) is 0 Å². The van der Waals surface area contributed by atoms with Crippen LogP contribution in [0.4, 0.5) is 0 Å². The van der Waals surface area contributed by atoms with Crippen molar-refractivity contribution in [3.8, 4) is 0 Å². The van der Waals surface area contributed by atoms with Crippen molar-refractivity contribution in [2.75, 3.05) is 0 Å². The number of carbonyl (C=O) groups excluding carboxylic acids is 1. The molecule has 1 heterocycles. The summed E-state index contributed by atoms with van der Waals surface area (Å²) in [6.45, 7) is 5.66. The number of hydrogen-bond donors (Lipinski definition) is 0. The highest BCUT2D eigenvalue weighted by atomic mass is 79.9. The number of pyridine rings is 1. The molecule has 0 aliphatic heterocycles. The summed E-state index contributed by atoms with van der Waals surface area (Å²) in [6.07, 6.45) is 1.64. The molecule has 0 unspecified atom stereocenters. The van der Waals surface area contributed by atoms with Gasteiger partial charge in [0.1, 0.15) is 5.69 Å². The Balaban J connectivity index is 2.97. The Bertz CT molecular complexity index is 311. The van der Waals surface area contributed by atoms with Gasteiger partial charge in [0.2, 0.25) is 0 Å². The van der Waals surface area contributed by atoms with Crippen molar-refractivity contribution < 1.29 is 4.79 Å². The standard InChI is InChI=1S/C10H12BrNO/c1-10(2,3)9(13)8-5-4-7(11)6-12-8/h4-6H,1-3H3. The lowest BCUT2D eigenvalue weighted by atomic mass is 9.89. The molecule has 0 bridgehead atoms. The summed E-state index contributed by atoms with van der Waals surface area (Å²) in [5.41, 5.74) is 0.164. The van der Waals surface area contributed by atoms with E-state index in [0.717, 1.165) is 4.47 Å². The van der Waals surface area contributed by atoms with Crippen LogP contribution < -0.4 is 0 Å². The van der Waals surface area contributed by atoms with Crippen LogP contribution in [0, 0.1) is 5.41 Å². The lowest BCUT2D eigenvalue weighted by Crippen LogP contribution is -2.21. The third-order valence-corrected chi connectivity index (χ3v) is 2.11. The molecule has 0 aromatic carbocycles. The summed E-state index contributed by atoms with van der Waals surface area (Å²) >= 11 is 3.27. The average Bonchev–Trinajstić information content (AvgIpc) is 2.03. The van der Waals surface area contributed by atoms with Gasteiger partial charge in [0, 0.05) is 16.1 Å². The van der Waals surface area contributed by atoms with Crippen LogP contribution in [0.5, 0.6) is 0 Å². The maximum atomic E-state index is 11.7. The smallest absolute Gasteiger partial charge is 0.186 e. The van der Waals surface area contributed by atoms with E-state index >= 15 is 0 Å². The van der Waals surface area contributed by atoms with Crippen LogP contribution in [-0.4, -0.2) is 10.8 Å². The highest BCUT2D eigenvalue weighted by Crippen LogP contribution is 2.20. The van der Waals surface area contributed by atoms with Crippen molar-refractivity contribution in [1.29, 1.82) is 0 Å². The SMILES string of the molecule is CC(C)(C)C(=O)c1ccc(Br)cn1. The van der Waals surface area contributed by atoms with Gasteiger partial charge < -0.3 is 0 Å². The summed E-state index contributed by atoms with van der Waals surface area (Å²) in [5.74, 6) is 0.0694. The molecule has 70 valence electrons. The molecule has 0 radical (unpaired) electrons. The minimum Gasteiger partial charge on any atom is -0.292 e. The van der Waals surface area contributed by atoms with Gasteiger partial charge >= 0.3 is 0 Å². The van der Waals surface area contributed by atoms with E-state index in [-0.39, 0.29) is 11.2 Å². The van der Waals surface area contributed by atoms with Gasteiger partial charge in [0.05, 0.1) is 0 Å². The molecule has 0 spiro atoms. The lowest BCUT2D eigenvalue weighted by Gasteiger charge is -2.15. The number of Topliss-reactive ketones (excluding diaryl/α,β-unsaturated/α-hetero) is 1. The first kappa shape index (κ1) is 10.4. The first-order valence-electron chi connectivity index (χ1n) is 4.07. The third-order valence-electron chi connectivity index (χ3n) is 1.64. The minimum absolute atomic E-state index is 0.0694. The summed E-state index contributed by atoms with van der Waals surface area (Å²) in [4.78, 5) is 15.7. The largest absolute Gasteiger partial charge is 0.292 e. The second-order valence-corrected chi connectivity index (χ2v) is 4.86. The second-order valence-electron chi connectivity index (χ2n) is 3.94. The van der Waals surface area contributed by atoms with Crippen LogP contribution in [0.2, 0.25) is 0 Å². The molecule has 0 aliphatic carbocycles. The fourth-order valence-corrected chi connectivity index (χ4v) is 1.13. The Hall–Kier alpha value is -0.700. The fourth-order valence-electron chi connectivity index (χ4n) is 0.894. The van der Waals surface area contributed by atoms with E-state index in [2.05, 4.69) is 20.9 Å². The zero-order chi connectivity index (χ0) is 10.1. The molecule has 13 heavy (non-hydrogen) atoms. The average molecular weight is 242 g/mol. The van der Waals surface area contributed by atoms with Crippen LogP contribution in [0.3, 0.4) is 0 Å². The minimum atomic E-state index is -0.360. The Kier molecular flexibility index (Phi) is 2.86. The molecule has 0 atom stereocenters. The van der Waals surface area contributed by atoms with Crippen molar-refractivity contribution in [3.63, 3.8) is 0 Å². The van der Waals surface area contributed by atoms with E-state index in [4.69, 9.17) is 0 Å². The van der Waals surface area contributed by atoms with Crippen molar-refractivity contribution >= 4 is 21.7 Å². The normalized spacial score (nSPS) is 11.4. The van der Waals surface area contributed by atoms with Crippen molar-refractivity contribution in [1.82, 2.24) is 4.98 Å². The number of aromatic nitrogens is 1. The van der Waals surface area contributed by atoms with Crippen molar-refractivity contribution in [3.05, 3.63) is 28.5 Å². The van der Waals surface area contributed by atoms with E-state index in [0.29, 0.717) is 5.69 Å². The van der Waals surface area contributed by atoms with Crippen LogP contribution in [0.25, 0.3) is 0 Å². The summed E-state index contributed by atoms with van der Waals surface area (Å²) in [5, 5.41) is 0. The molecule has 1 aromatic heterocycles.